The van der Waals surface area contributed by atoms with E-state index in [4.69, 9.17) is 4.74 Å². The molecule has 0 bridgehead atoms. The molecule has 3 rings (SSSR count). The standard InChI is InChI=1S/C21H27N3O5/c1-13(2)19(26)24-8-4-5-14-6-7-15(11-17(14)24)22-18-16(21(28)29-3)12-23(9-10-25)20(18)27/h6-7,11,13,22,25H,4-5,8-10,12H2,1-3H3. The molecule has 0 saturated heterocycles. The molecule has 29 heavy (non-hydrogen) atoms. The van der Waals surface area contributed by atoms with Crippen LogP contribution in [-0.4, -0.2) is 61.1 Å². The number of aliphatic hydroxyl groups excluding tert-OH is 1. The fourth-order valence-electron chi connectivity index (χ4n) is 3.69. The Morgan fingerprint density at radius 1 is 1.31 bits per heavy atom. The highest BCUT2D eigenvalue weighted by Gasteiger charge is 2.34. The van der Waals surface area contributed by atoms with Crippen molar-refractivity contribution in [2.75, 3.05) is 43.6 Å². The van der Waals surface area contributed by atoms with Crippen molar-refractivity contribution in [3.8, 4) is 0 Å². The lowest BCUT2D eigenvalue weighted by Crippen LogP contribution is -2.38. The van der Waals surface area contributed by atoms with Crippen LogP contribution in [0.3, 0.4) is 0 Å². The number of anilines is 2. The van der Waals surface area contributed by atoms with E-state index in [1.165, 1.54) is 12.0 Å². The smallest absolute Gasteiger partial charge is 0.337 e. The molecule has 0 aliphatic carbocycles. The first-order valence-corrected chi connectivity index (χ1v) is 9.80. The van der Waals surface area contributed by atoms with Crippen LogP contribution in [0.4, 0.5) is 11.4 Å². The number of rotatable bonds is 6. The first kappa shape index (κ1) is 20.9. The van der Waals surface area contributed by atoms with Crippen LogP contribution < -0.4 is 10.2 Å². The van der Waals surface area contributed by atoms with Crippen LogP contribution in [-0.2, 0) is 25.5 Å². The quantitative estimate of drug-likeness (QED) is 0.697. The Bertz CT molecular complexity index is 862. The molecule has 0 fully saturated rings. The number of amides is 2. The van der Waals surface area contributed by atoms with E-state index in [1.54, 1.807) is 4.90 Å². The first-order chi connectivity index (χ1) is 13.9. The fraction of sp³-hybridized carbons (Fsp3) is 0.476. The number of esters is 1. The molecule has 2 aliphatic heterocycles. The summed E-state index contributed by atoms with van der Waals surface area (Å²) in [5.41, 5.74) is 2.89. The van der Waals surface area contributed by atoms with Crippen molar-refractivity contribution in [1.29, 1.82) is 0 Å². The minimum atomic E-state index is -0.587. The molecular formula is C21H27N3O5. The average molecular weight is 401 g/mol. The molecule has 2 N–H and O–H groups in total. The van der Waals surface area contributed by atoms with E-state index in [0.29, 0.717) is 12.2 Å². The van der Waals surface area contributed by atoms with Crippen LogP contribution in [0, 0.1) is 5.92 Å². The van der Waals surface area contributed by atoms with Crippen LogP contribution in [0.5, 0.6) is 0 Å². The largest absolute Gasteiger partial charge is 0.466 e. The summed E-state index contributed by atoms with van der Waals surface area (Å²) in [5.74, 6) is -1.01. The molecule has 0 atom stereocenters. The predicted octanol–water partition coefficient (Wildman–Crippen LogP) is 1.30. The number of carbonyl (C=O) groups is 3. The van der Waals surface area contributed by atoms with Crippen LogP contribution >= 0.6 is 0 Å². The van der Waals surface area contributed by atoms with Crippen molar-refractivity contribution in [2.24, 2.45) is 5.92 Å². The maximum atomic E-state index is 12.7. The second-order valence-electron chi connectivity index (χ2n) is 7.51. The van der Waals surface area contributed by atoms with Gasteiger partial charge in [0.1, 0.15) is 5.70 Å². The number of nitrogens with zero attached hydrogens (tertiary/aromatic N) is 2. The van der Waals surface area contributed by atoms with Gasteiger partial charge in [-0.15, -0.1) is 0 Å². The number of aliphatic hydroxyl groups is 1. The third-order valence-electron chi connectivity index (χ3n) is 5.19. The number of ether oxygens (including phenoxy) is 1. The van der Waals surface area contributed by atoms with Crippen molar-refractivity contribution in [3.05, 3.63) is 35.0 Å². The molecule has 2 amide bonds. The number of β-amino-alcohol motifs (C(OH)–C–C–N with tert-alkyl or cyclic N) is 1. The highest BCUT2D eigenvalue weighted by molar-refractivity contribution is 6.08. The Kier molecular flexibility index (Phi) is 6.22. The number of nitrogens with one attached hydrogen (secondary N) is 1. The minimum Gasteiger partial charge on any atom is -0.466 e. The summed E-state index contributed by atoms with van der Waals surface area (Å²) in [4.78, 5) is 40.6. The Balaban J connectivity index is 1.93. The maximum absolute atomic E-state index is 12.7. The molecule has 0 radical (unpaired) electrons. The number of hydrogen-bond acceptors (Lipinski definition) is 6. The predicted molar refractivity (Wildman–Crippen MR) is 108 cm³/mol. The Labute approximate surface area is 170 Å². The third-order valence-corrected chi connectivity index (χ3v) is 5.19. The van der Waals surface area contributed by atoms with Gasteiger partial charge in [-0.3, -0.25) is 9.59 Å². The number of hydrogen-bond donors (Lipinski definition) is 2. The van der Waals surface area contributed by atoms with Gasteiger partial charge >= 0.3 is 5.97 Å². The van der Waals surface area contributed by atoms with E-state index >= 15 is 0 Å². The zero-order chi connectivity index (χ0) is 21.1. The summed E-state index contributed by atoms with van der Waals surface area (Å²) < 4.78 is 4.81. The van der Waals surface area contributed by atoms with Crippen LogP contribution in [0.2, 0.25) is 0 Å². The number of benzene rings is 1. The highest BCUT2D eigenvalue weighted by Crippen LogP contribution is 2.32. The van der Waals surface area contributed by atoms with E-state index in [-0.39, 0.29) is 48.7 Å². The lowest BCUT2D eigenvalue weighted by atomic mass is 9.99. The molecule has 2 aliphatic rings. The van der Waals surface area contributed by atoms with Gasteiger partial charge in [-0.25, -0.2) is 4.79 Å². The van der Waals surface area contributed by atoms with Crippen molar-refractivity contribution in [2.45, 2.75) is 26.7 Å². The molecule has 156 valence electrons. The zero-order valence-electron chi connectivity index (χ0n) is 17.0. The van der Waals surface area contributed by atoms with Crippen molar-refractivity contribution in [3.63, 3.8) is 0 Å². The Morgan fingerprint density at radius 3 is 2.72 bits per heavy atom. The molecule has 0 saturated carbocycles. The van der Waals surface area contributed by atoms with Gasteiger partial charge in [0, 0.05) is 30.4 Å². The zero-order valence-corrected chi connectivity index (χ0v) is 17.0. The summed E-state index contributed by atoms with van der Waals surface area (Å²) in [6.45, 7) is 4.42. The number of fused-ring (bicyclic) bond motifs is 1. The normalized spacial score (nSPS) is 16.4. The molecule has 8 nitrogen and oxygen atoms in total. The van der Waals surface area contributed by atoms with E-state index in [2.05, 4.69) is 5.32 Å². The second-order valence-corrected chi connectivity index (χ2v) is 7.51. The monoisotopic (exact) mass is 401 g/mol. The third kappa shape index (κ3) is 4.12. The van der Waals surface area contributed by atoms with Crippen LogP contribution in [0.25, 0.3) is 0 Å². The molecule has 2 heterocycles. The summed E-state index contributed by atoms with van der Waals surface area (Å²) >= 11 is 0. The molecular weight excluding hydrogens is 374 g/mol. The highest BCUT2D eigenvalue weighted by atomic mass is 16.5. The Morgan fingerprint density at radius 2 is 2.07 bits per heavy atom. The summed E-state index contributed by atoms with van der Waals surface area (Å²) in [5, 5.41) is 12.2. The van der Waals surface area contributed by atoms with E-state index < -0.39 is 5.97 Å². The number of aryl methyl sites for hydroxylation is 1. The summed E-state index contributed by atoms with van der Waals surface area (Å²) in [7, 11) is 1.26. The van der Waals surface area contributed by atoms with Gasteiger partial charge in [0.05, 0.1) is 25.8 Å². The van der Waals surface area contributed by atoms with Gasteiger partial charge in [0.25, 0.3) is 5.91 Å². The topological polar surface area (TPSA) is 99.2 Å². The summed E-state index contributed by atoms with van der Waals surface area (Å²) in [6.07, 6.45) is 1.79. The van der Waals surface area contributed by atoms with Gasteiger partial charge in [0.15, 0.2) is 0 Å². The fourth-order valence-corrected chi connectivity index (χ4v) is 3.69. The van der Waals surface area contributed by atoms with Crippen LogP contribution in [0.15, 0.2) is 29.5 Å². The van der Waals surface area contributed by atoms with Crippen molar-refractivity contribution in [1.82, 2.24) is 4.90 Å². The number of methoxy groups -OCH3 is 1. The SMILES string of the molecule is COC(=O)C1=C(Nc2ccc3c(c2)N(C(=O)C(C)C)CCC3)C(=O)N(CCO)C1. The van der Waals surface area contributed by atoms with Gasteiger partial charge in [-0.1, -0.05) is 19.9 Å². The summed E-state index contributed by atoms with van der Waals surface area (Å²) in [6, 6.07) is 5.63. The Hall–Kier alpha value is -2.87. The van der Waals surface area contributed by atoms with Gasteiger partial charge in [0.2, 0.25) is 5.91 Å². The van der Waals surface area contributed by atoms with Gasteiger partial charge in [-0.05, 0) is 30.5 Å². The molecule has 0 aromatic heterocycles. The van der Waals surface area contributed by atoms with E-state index in [9.17, 15) is 19.5 Å². The molecule has 0 unspecified atom stereocenters. The maximum Gasteiger partial charge on any atom is 0.337 e. The molecule has 1 aromatic rings. The van der Waals surface area contributed by atoms with E-state index in [0.717, 1.165) is 24.1 Å². The average Bonchev–Trinajstić information content (AvgIpc) is 3.02. The van der Waals surface area contributed by atoms with E-state index in [1.807, 2.05) is 32.0 Å². The van der Waals surface area contributed by atoms with Crippen LogP contribution in [0.1, 0.15) is 25.8 Å². The first-order valence-electron chi connectivity index (χ1n) is 9.80. The number of carbonyl (C=O) groups excluding carboxylic acids is 3. The lowest BCUT2D eigenvalue weighted by Gasteiger charge is -2.31. The van der Waals surface area contributed by atoms with Crippen molar-refractivity contribution >= 4 is 29.2 Å². The second kappa shape index (κ2) is 8.65. The lowest BCUT2D eigenvalue weighted by molar-refractivity contribution is -0.136. The molecule has 8 heteroatoms. The van der Waals surface area contributed by atoms with Gasteiger partial charge in [-0.2, -0.15) is 0 Å². The van der Waals surface area contributed by atoms with Crippen molar-refractivity contribution < 1.29 is 24.2 Å². The molecule has 0 spiro atoms. The minimum absolute atomic E-state index is 0.0589. The van der Waals surface area contributed by atoms with Gasteiger partial charge < -0.3 is 25.0 Å². The molecule has 1 aromatic carbocycles.